The van der Waals surface area contributed by atoms with Crippen molar-refractivity contribution in [1.82, 2.24) is 10.2 Å². The van der Waals surface area contributed by atoms with Crippen LogP contribution < -0.4 is 15.8 Å². The van der Waals surface area contributed by atoms with Gasteiger partial charge in [0.25, 0.3) is 0 Å². The molecule has 0 unspecified atom stereocenters. The second-order valence-electron chi connectivity index (χ2n) is 4.62. The molecule has 1 aromatic heterocycles. The molecule has 0 spiro atoms. The fourth-order valence-corrected chi connectivity index (χ4v) is 2.07. The Morgan fingerprint density at radius 2 is 1.86 bits per heavy atom. The highest BCUT2D eigenvalue weighted by molar-refractivity contribution is 5.90. The highest BCUT2D eigenvalue weighted by atomic mass is 16.5. The molecule has 21 heavy (non-hydrogen) atoms. The standard InChI is InChI=1S/C16H16N4O/c17-12-5-7-13(8-6-12)21-10-9-18-16-11-19-20-15-4-2-1-3-14(15)16/h1-8,11H,9-10,17H2,(H,18,20). The van der Waals surface area contributed by atoms with Gasteiger partial charge in [-0.25, -0.2) is 0 Å². The molecule has 2 aromatic carbocycles. The number of hydrogen-bond donors (Lipinski definition) is 2. The number of ether oxygens (including phenoxy) is 1. The predicted molar refractivity (Wildman–Crippen MR) is 84.4 cm³/mol. The van der Waals surface area contributed by atoms with Gasteiger partial charge < -0.3 is 15.8 Å². The van der Waals surface area contributed by atoms with E-state index in [-0.39, 0.29) is 0 Å². The van der Waals surface area contributed by atoms with Crippen LogP contribution in [0, 0.1) is 0 Å². The fraction of sp³-hybridized carbons (Fsp3) is 0.125. The molecule has 5 nitrogen and oxygen atoms in total. The summed E-state index contributed by atoms with van der Waals surface area (Å²) in [6.07, 6.45) is 1.73. The molecule has 0 bridgehead atoms. The molecule has 106 valence electrons. The molecular weight excluding hydrogens is 264 g/mol. The van der Waals surface area contributed by atoms with Crippen molar-refractivity contribution >= 4 is 22.3 Å². The fourth-order valence-electron chi connectivity index (χ4n) is 2.07. The summed E-state index contributed by atoms with van der Waals surface area (Å²) >= 11 is 0. The molecule has 0 aliphatic carbocycles. The first kappa shape index (κ1) is 13.2. The van der Waals surface area contributed by atoms with Gasteiger partial charge in [0.15, 0.2) is 0 Å². The number of rotatable bonds is 5. The third-order valence-electron chi connectivity index (χ3n) is 3.11. The average molecular weight is 280 g/mol. The van der Waals surface area contributed by atoms with Crippen LogP contribution >= 0.6 is 0 Å². The van der Waals surface area contributed by atoms with Crippen molar-refractivity contribution < 1.29 is 4.74 Å². The largest absolute Gasteiger partial charge is 0.492 e. The van der Waals surface area contributed by atoms with Crippen LogP contribution in [-0.2, 0) is 0 Å². The molecule has 0 saturated carbocycles. The summed E-state index contributed by atoms with van der Waals surface area (Å²) in [7, 11) is 0. The molecule has 0 radical (unpaired) electrons. The maximum atomic E-state index is 5.64. The summed E-state index contributed by atoms with van der Waals surface area (Å²) in [4.78, 5) is 0. The number of nitrogens with one attached hydrogen (secondary N) is 1. The Bertz CT molecular complexity index is 722. The van der Waals surface area contributed by atoms with E-state index in [1.54, 1.807) is 6.20 Å². The normalized spacial score (nSPS) is 10.5. The number of nitrogens with zero attached hydrogens (tertiary/aromatic N) is 2. The second-order valence-corrected chi connectivity index (χ2v) is 4.62. The molecule has 3 rings (SSSR count). The van der Waals surface area contributed by atoms with E-state index < -0.39 is 0 Å². The first-order valence-electron chi connectivity index (χ1n) is 6.75. The third-order valence-corrected chi connectivity index (χ3v) is 3.11. The summed E-state index contributed by atoms with van der Waals surface area (Å²) in [5, 5.41) is 12.5. The predicted octanol–water partition coefficient (Wildman–Crippen LogP) is 2.70. The van der Waals surface area contributed by atoms with E-state index in [9.17, 15) is 0 Å². The molecule has 0 amide bonds. The van der Waals surface area contributed by atoms with Crippen molar-refractivity contribution in [2.45, 2.75) is 0 Å². The number of benzene rings is 2. The first-order valence-corrected chi connectivity index (χ1v) is 6.75. The quantitative estimate of drug-likeness (QED) is 0.555. The van der Waals surface area contributed by atoms with Gasteiger partial charge >= 0.3 is 0 Å². The van der Waals surface area contributed by atoms with Crippen molar-refractivity contribution in [3.05, 3.63) is 54.7 Å². The first-order chi connectivity index (χ1) is 10.3. The number of aromatic nitrogens is 2. The van der Waals surface area contributed by atoms with Crippen LogP contribution in [0.25, 0.3) is 10.9 Å². The number of fused-ring (bicyclic) bond motifs is 1. The lowest BCUT2D eigenvalue weighted by atomic mass is 10.2. The Balaban J connectivity index is 1.58. The minimum Gasteiger partial charge on any atom is -0.492 e. The van der Waals surface area contributed by atoms with Gasteiger partial charge in [-0.2, -0.15) is 10.2 Å². The summed E-state index contributed by atoms with van der Waals surface area (Å²) in [5.41, 5.74) is 8.20. The molecule has 0 aliphatic rings. The molecule has 1 heterocycles. The molecule has 0 saturated heterocycles. The van der Waals surface area contributed by atoms with E-state index in [1.807, 2.05) is 48.5 Å². The molecule has 5 heteroatoms. The van der Waals surface area contributed by atoms with E-state index in [4.69, 9.17) is 10.5 Å². The van der Waals surface area contributed by atoms with Gasteiger partial charge in [0, 0.05) is 17.6 Å². The third kappa shape index (κ3) is 3.20. The number of anilines is 2. The highest BCUT2D eigenvalue weighted by Crippen LogP contribution is 2.19. The van der Waals surface area contributed by atoms with E-state index in [2.05, 4.69) is 15.5 Å². The zero-order valence-electron chi connectivity index (χ0n) is 11.5. The molecule has 0 aliphatic heterocycles. The van der Waals surface area contributed by atoms with Gasteiger partial charge in [-0.15, -0.1) is 0 Å². The van der Waals surface area contributed by atoms with Crippen molar-refractivity contribution in [3.8, 4) is 5.75 Å². The molecule has 3 aromatic rings. The summed E-state index contributed by atoms with van der Waals surface area (Å²) in [6.45, 7) is 1.24. The van der Waals surface area contributed by atoms with Gasteiger partial charge in [0.1, 0.15) is 12.4 Å². The Morgan fingerprint density at radius 1 is 1.05 bits per heavy atom. The lowest BCUT2D eigenvalue weighted by molar-refractivity contribution is 0.333. The van der Waals surface area contributed by atoms with Crippen LogP contribution in [0.4, 0.5) is 11.4 Å². The van der Waals surface area contributed by atoms with Crippen molar-refractivity contribution in [1.29, 1.82) is 0 Å². The molecule has 3 N–H and O–H groups in total. The van der Waals surface area contributed by atoms with Crippen molar-refractivity contribution in [3.63, 3.8) is 0 Å². The molecular formula is C16H16N4O. The smallest absolute Gasteiger partial charge is 0.119 e. The summed E-state index contributed by atoms with van der Waals surface area (Å²) in [5.74, 6) is 0.809. The molecule has 0 fully saturated rings. The zero-order chi connectivity index (χ0) is 14.5. The Kier molecular flexibility index (Phi) is 3.82. The monoisotopic (exact) mass is 280 g/mol. The van der Waals surface area contributed by atoms with Gasteiger partial charge in [-0.05, 0) is 30.3 Å². The average Bonchev–Trinajstić information content (AvgIpc) is 2.53. The number of nitrogens with two attached hydrogens (primary N) is 1. The Hall–Kier alpha value is -2.82. The minimum atomic E-state index is 0.556. The van der Waals surface area contributed by atoms with Gasteiger partial charge in [-0.1, -0.05) is 18.2 Å². The van der Waals surface area contributed by atoms with E-state index in [0.29, 0.717) is 13.2 Å². The highest BCUT2D eigenvalue weighted by Gasteiger charge is 2.01. The van der Waals surface area contributed by atoms with Gasteiger partial charge in [0.2, 0.25) is 0 Å². The van der Waals surface area contributed by atoms with Crippen LogP contribution in [0.15, 0.2) is 54.7 Å². The van der Waals surface area contributed by atoms with Crippen LogP contribution in [0.2, 0.25) is 0 Å². The van der Waals surface area contributed by atoms with E-state index in [0.717, 1.165) is 28.0 Å². The van der Waals surface area contributed by atoms with E-state index >= 15 is 0 Å². The van der Waals surface area contributed by atoms with Crippen molar-refractivity contribution in [2.24, 2.45) is 0 Å². The number of hydrogen-bond acceptors (Lipinski definition) is 5. The van der Waals surface area contributed by atoms with Crippen molar-refractivity contribution in [2.75, 3.05) is 24.2 Å². The minimum absolute atomic E-state index is 0.556. The Labute approximate surface area is 122 Å². The Morgan fingerprint density at radius 3 is 2.71 bits per heavy atom. The lowest BCUT2D eigenvalue weighted by Gasteiger charge is -2.10. The summed E-state index contributed by atoms with van der Waals surface area (Å²) in [6, 6.07) is 15.3. The van der Waals surface area contributed by atoms with Crippen LogP contribution in [0.1, 0.15) is 0 Å². The molecule has 0 atom stereocenters. The lowest BCUT2D eigenvalue weighted by Crippen LogP contribution is -2.12. The second kappa shape index (κ2) is 6.09. The van der Waals surface area contributed by atoms with Gasteiger partial charge in [-0.3, -0.25) is 0 Å². The zero-order valence-corrected chi connectivity index (χ0v) is 11.5. The van der Waals surface area contributed by atoms with Gasteiger partial charge in [0.05, 0.1) is 17.4 Å². The SMILES string of the molecule is Nc1ccc(OCCNc2cnnc3ccccc23)cc1. The topological polar surface area (TPSA) is 73.1 Å². The van der Waals surface area contributed by atoms with Crippen LogP contribution in [0.5, 0.6) is 5.75 Å². The van der Waals surface area contributed by atoms with E-state index in [1.165, 1.54) is 0 Å². The summed E-state index contributed by atoms with van der Waals surface area (Å²) < 4.78 is 5.64. The maximum Gasteiger partial charge on any atom is 0.119 e. The van der Waals surface area contributed by atoms with Crippen LogP contribution in [0.3, 0.4) is 0 Å². The number of nitrogen functional groups attached to an aromatic ring is 1. The maximum absolute atomic E-state index is 5.64. The van der Waals surface area contributed by atoms with Crippen LogP contribution in [-0.4, -0.2) is 23.3 Å².